The van der Waals surface area contributed by atoms with Crippen LogP contribution < -0.4 is 11.1 Å². The predicted octanol–water partition coefficient (Wildman–Crippen LogP) is 2.31. The number of carbonyl (C=O) groups is 1. The zero-order valence-electron chi connectivity index (χ0n) is 15.1. The predicted molar refractivity (Wildman–Crippen MR) is 97.4 cm³/mol. The lowest BCUT2D eigenvalue weighted by Crippen LogP contribution is -2.31. The van der Waals surface area contributed by atoms with E-state index in [9.17, 15) is 4.79 Å². The van der Waals surface area contributed by atoms with E-state index in [4.69, 9.17) is 5.73 Å². The third-order valence-electron chi connectivity index (χ3n) is 5.58. The molecule has 0 aliphatic heterocycles. The van der Waals surface area contributed by atoms with E-state index >= 15 is 0 Å². The second-order valence-electron chi connectivity index (χ2n) is 7.65. The first kappa shape index (κ1) is 17.1. The lowest BCUT2D eigenvalue weighted by molar-refractivity contribution is 0.0925. The molecule has 0 aromatic carbocycles. The SMILES string of the molecule is Cc1cccnc1C(NC(=O)c1cn(C2CCC(N)CC2)nn1)C1CC1. The molecular weight excluding hydrogens is 328 g/mol. The minimum Gasteiger partial charge on any atom is -0.342 e. The third-order valence-corrected chi connectivity index (χ3v) is 5.58. The molecule has 2 aliphatic rings. The van der Waals surface area contributed by atoms with Crippen molar-refractivity contribution in [1.29, 1.82) is 0 Å². The fourth-order valence-electron chi connectivity index (χ4n) is 3.80. The number of nitrogens with two attached hydrogens (primary N) is 1. The van der Waals surface area contributed by atoms with Gasteiger partial charge in [-0.1, -0.05) is 11.3 Å². The van der Waals surface area contributed by atoms with E-state index in [1.165, 1.54) is 0 Å². The molecule has 0 spiro atoms. The Kier molecular flexibility index (Phi) is 4.72. The van der Waals surface area contributed by atoms with Crippen molar-refractivity contribution in [3.8, 4) is 0 Å². The quantitative estimate of drug-likeness (QED) is 0.858. The van der Waals surface area contributed by atoms with Crippen molar-refractivity contribution in [3.63, 3.8) is 0 Å². The first-order chi connectivity index (χ1) is 12.6. The lowest BCUT2D eigenvalue weighted by atomic mass is 9.92. The molecule has 2 saturated carbocycles. The monoisotopic (exact) mass is 354 g/mol. The van der Waals surface area contributed by atoms with Crippen molar-refractivity contribution in [2.75, 3.05) is 0 Å². The average Bonchev–Trinajstić information content (AvgIpc) is 3.37. The Morgan fingerprint density at radius 1 is 1.27 bits per heavy atom. The van der Waals surface area contributed by atoms with E-state index in [0.29, 0.717) is 23.7 Å². The lowest BCUT2D eigenvalue weighted by Gasteiger charge is -2.25. The molecule has 2 aromatic heterocycles. The van der Waals surface area contributed by atoms with Crippen LogP contribution in [0.25, 0.3) is 0 Å². The van der Waals surface area contributed by atoms with Crippen LogP contribution >= 0.6 is 0 Å². The van der Waals surface area contributed by atoms with Gasteiger partial charge in [0, 0.05) is 12.2 Å². The van der Waals surface area contributed by atoms with Gasteiger partial charge in [-0.15, -0.1) is 5.10 Å². The summed E-state index contributed by atoms with van der Waals surface area (Å²) in [7, 11) is 0. The summed E-state index contributed by atoms with van der Waals surface area (Å²) in [6.07, 6.45) is 9.77. The van der Waals surface area contributed by atoms with Gasteiger partial charge in [-0.3, -0.25) is 9.78 Å². The third kappa shape index (κ3) is 3.62. The molecule has 2 fully saturated rings. The van der Waals surface area contributed by atoms with Crippen LogP contribution in [0, 0.1) is 12.8 Å². The maximum atomic E-state index is 12.7. The molecular formula is C19H26N6O. The molecule has 138 valence electrons. The molecule has 7 nitrogen and oxygen atoms in total. The Morgan fingerprint density at radius 3 is 2.73 bits per heavy atom. The average molecular weight is 354 g/mol. The number of amides is 1. The molecule has 2 aromatic rings. The fraction of sp³-hybridized carbons (Fsp3) is 0.579. The van der Waals surface area contributed by atoms with Crippen LogP contribution in [0.3, 0.4) is 0 Å². The normalized spacial score (nSPS) is 24.2. The highest BCUT2D eigenvalue weighted by Gasteiger charge is 2.35. The van der Waals surface area contributed by atoms with Gasteiger partial charge in [0.15, 0.2) is 5.69 Å². The van der Waals surface area contributed by atoms with Gasteiger partial charge in [0.2, 0.25) is 0 Å². The summed E-state index contributed by atoms with van der Waals surface area (Å²) in [4.78, 5) is 17.2. The van der Waals surface area contributed by atoms with E-state index < -0.39 is 0 Å². The summed E-state index contributed by atoms with van der Waals surface area (Å²) in [5, 5.41) is 11.4. The molecule has 4 rings (SSSR count). The second-order valence-corrected chi connectivity index (χ2v) is 7.65. The minimum atomic E-state index is -0.175. The highest BCUT2D eigenvalue weighted by atomic mass is 16.2. The molecule has 26 heavy (non-hydrogen) atoms. The van der Waals surface area contributed by atoms with Crippen molar-refractivity contribution < 1.29 is 4.79 Å². The van der Waals surface area contributed by atoms with E-state index in [1.807, 2.05) is 23.7 Å². The van der Waals surface area contributed by atoms with Gasteiger partial charge in [-0.05, 0) is 63.0 Å². The maximum Gasteiger partial charge on any atom is 0.274 e. The summed E-state index contributed by atoms with van der Waals surface area (Å²) in [5.74, 6) is 0.285. The number of aryl methyl sites for hydroxylation is 1. The number of nitrogens with one attached hydrogen (secondary N) is 1. The van der Waals surface area contributed by atoms with Crippen molar-refractivity contribution in [2.45, 2.75) is 63.6 Å². The van der Waals surface area contributed by atoms with E-state index in [2.05, 4.69) is 20.6 Å². The van der Waals surface area contributed by atoms with E-state index in [1.54, 1.807) is 12.4 Å². The summed E-state index contributed by atoms with van der Waals surface area (Å²) in [6, 6.07) is 4.49. The highest BCUT2D eigenvalue weighted by molar-refractivity contribution is 5.92. The Labute approximate surface area is 153 Å². The van der Waals surface area contributed by atoms with Crippen molar-refractivity contribution in [3.05, 3.63) is 41.5 Å². The van der Waals surface area contributed by atoms with Crippen LogP contribution in [0.15, 0.2) is 24.5 Å². The molecule has 1 amide bonds. The number of nitrogens with zero attached hydrogens (tertiary/aromatic N) is 4. The van der Waals surface area contributed by atoms with Crippen molar-refractivity contribution in [1.82, 2.24) is 25.3 Å². The Hall–Kier alpha value is -2.28. The van der Waals surface area contributed by atoms with Crippen LogP contribution in [-0.2, 0) is 0 Å². The summed E-state index contributed by atoms with van der Waals surface area (Å²) >= 11 is 0. The number of hydrogen-bond donors (Lipinski definition) is 2. The number of rotatable bonds is 5. The number of pyridine rings is 1. The topological polar surface area (TPSA) is 98.7 Å². The van der Waals surface area contributed by atoms with Crippen LogP contribution in [0.2, 0.25) is 0 Å². The Morgan fingerprint density at radius 2 is 2.04 bits per heavy atom. The van der Waals surface area contributed by atoms with Crippen LogP contribution in [0.4, 0.5) is 0 Å². The van der Waals surface area contributed by atoms with Gasteiger partial charge in [0.05, 0.1) is 24.0 Å². The first-order valence-electron chi connectivity index (χ1n) is 9.51. The Balaban J connectivity index is 1.46. The number of aromatic nitrogens is 4. The molecule has 7 heteroatoms. The summed E-state index contributed by atoms with van der Waals surface area (Å²) in [6.45, 7) is 2.04. The first-order valence-corrected chi connectivity index (χ1v) is 9.51. The standard InChI is InChI=1S/C19H26N6O/c1-12-3-2-10-21-17(12)18(13-4-5-13)22-19(26)16-11-25(24-23-16)15-8-6-14(20)7-9-15/h2-3,10-11,13-15,18H,4-9,20H2,1H3,(H,22,26). The number of hydrogen-bond acceptors (Lipinski definition) is 5. The maximum absolute atomic E-state index is 12.7. The smallest absolute Gasteiger partial charge is 0.274 e. The molecule has 3 N–H and O–H groups in total. The zero-order valence-corrected chi connectivity index (χ0v) is 15.1. The molecule has 0 radical (unpaired) electrons. The molecule has 2 aliphatic carbocycles. The van der Waals surface area contributed by atoms with Gasteiger partial charge in [-0.2, -0.15) is 0 Å². The summed E-state index contributed by atoms with van der Waals surface area (Å²) in [5.41, 5.74) is 8.40. The van der Waals surface area contributed by atoms with Gasteiger partial charge in [-0.25, -0.2) is 4.68 Å². The van der Waals surface area contributed by atoms with Crippen LogP contribution in [0.1, 0.15) is 72.4 Å². The number of carbonyl (C=O) groups excluding carboxylic acids is 1. The van der Waals surface area contributed by atoms with Crippen LogP contribution in [0.5, 0.6) is 0 Å². The zero-order chi connectivity index (χ0) is 18.1. The fourth-order valence-corrected chi connectivity index (χ4v) is 3.80. The second kappa shape index (κ2) is 7.15. The molecule has 1 atom stereocenters. The molecule has 1 unspecified atom stereocenters. The van der Waals surface area contributed by atoms with Gasteiger partial charge in [0.25, 0.3) is 5.91 Å². The van der Waals surface area contributed by atoms with E-state index in [-0.39, 0.29) is 11.9 Å². The van der Waals surface area contributed by atoms with Crippen molar-refractivity contribution in [2.24, 2.45) is 11.7 Å². The minimum absolute atomic E-state index is 0.0541. The Bertz CT molecular complexity index is 776. The highest BCUT2D eigenvalue weighted by Crippen LogP contribution is 2.41. The van der Waals surface area contributed by atoms with Crippen LogP contribution in [-0.4, -0.2) is 31.9 Å². The largest absolute Gasteiger partial charge is 0.342 e. The van der Waals surface area contributed by atoms with Gasteiger partial charge >= 0.3 is 0 Å². The summed E-state index contributed by atoms with van der Waals surface area (Å²) < 4.78 is 1.83. The van der Waals surface area contributed by atoms with Gasteiger partial charge < -0.3 is 11.1 Å². The van der Waals surface area contributed by atoms with Gasteiger partial charge in [0.1, 0.15) is 0 Å². The van der Waals surface area contributed by atoms with E-state index in [0.717, 1.165) is 49.8 Å². The molecule has 2 heterocycles. The molecule has 0 bridgehead atoms. The van der Waals surface area contributed by atoms with Crippen molar-refractivity contribution >= 4 is 5.91 Å². The molecule has 0 saturated heterocycles.